The quantitative estimate of drug-likeness (QED) is 0.871. The van der Waals surface area contributed by atoms with E-state index in [-0.39, 0.29) is 5.82 Å². The van der Waals surface area contributed by atoms with Crippen molar-refractivity contribution in [1.82, 2.24) is 4.90 Å². The van der Waals surface area contributed by atoms with Gasteiger partial charge in [-0.05, 0) is 68.4 Å². The van der Waals surface area contributed by atoms with Gasteiger partial charge in [0.05, 0.1) is 0 Å². The Kier molecular flexibility index (Phi) is 3.35. The molecule has 98 valence electrons. The van der Waals surface area contributed by atoms with Gasteiger partial charge in [0.25, 0.3) is 0 Å². The van der Waals surface area contributed by atoms with E-state index in [9.17, 15) is 4.39 Å². The smallest absolute Gasteiger partial charge is 0.126 e. The molecule has 2 aliphatic rings. The molecule has 0 radical (unpaired) electrons. The van der Waals surface area contributed by atoms with Crippen molar-refractivity contribution in [3.63, 3.8) is 0 Å². The van der Waals surface area contributed by atoms with E-state index in [1.165, 1.54) is 18.4 Å². The Labute approximate surface area is 108 Å². The summed E-state index contributed by atoms with van der Waals surface area (Å²) in [7, 11) is 0. The molecule has 1 aromatic carbocycles. The molecule has 1 heterocycles. The van der Waals surface area contributed by atoms with Crippen LogP contribution in [0.3, 0.4) is 0 Å². The van der Waals surface area contributed by atoms with Crippen molar-refractivity contribution >= 4 is 0 Å². The first-order valence-corrected chi connectivity index (χ1v) is 7.01. The van der Waals surface area contributed by atoms with Crippen molar-refractivity contribution in [1.29, 1.82) is 0 Å². The first-order chi connectivity index (χ1) is 8.79. The van der Waals surface area contributed by atoms with Gasteiger partial charge in [-0.1, -0.05) is 12.1 Å². The normalized spacial score (nSPS) is 25.3. The zero-order valence-corrected chi connectivity index (χ0v) is 10.7. The van der Waals surface area contributed by atoms with Gasteiger partial charge in [0.1, 0.15) is 5.82 Å². The number of piperidine rings is 1. The third-order valence-corrected chi connectivity index (χ3v) is 4.61. The second kappa shape index (κ2) is 4.98. The summed E-state index contributed by atoms with van der Waals surface area (Å²) in [4.78, 5) is 2.53. The molecule has 18 heavy (non-hydrogen) atoms. The summed E-state index contributed by atoms with van der Waals surface area (Å²) in [6.07, 6.45) is 4.35. The number of nitrogens with two attached hydrogens (primary N) is 1. The Balaban J connectivity index is 1.75. The number of nitrogens with zero attached hydrogens (tertiary/aromatic N) is 1. The predicted molar refractivity (Wildman–Crippen MR) is 70.8 cm³/mol. The van der Waals surface area contributed by atoms with E-state index in [2.05, 4.69) is 11.0 Å². The summed E-state index contributed by atoms with van der Waals surface area (Å²) < 4.78 is 13.7. The number of likely N-dealkylation sites (tertiary alicyclic amines) is 1. The number of fused-ring (bicyclic) bond motifs is 1. The highest BCUT2D eigenvalue weighted by atomic mass is 19.1. The van der Waals surface area contributed by atoms with E-state index in [4.69, 9.17) is 5.73 Å². The van der Waals surface area contributed by atoms with Gasteiger partial charge >= 0.3 is 0 Å². The van der Waals surface area contributed by atoms with Crippen LogP contribution in [0.4, 0.5) is 4.39 Å². The van der Waals surface area contributed by atoms with Gasteiger partial charge in [-0.25, -0.2) is 4.39 Å². The Morgan fingerprint density at radius 1 is 1.22 bits per heavy atom. The predicted octanol–water partition coefficient (Wildman–Crippen LogP) is 2.48. The van der Waals surface area contributed by atoms with Crippen LogP contribution in [0.1, 0.15) is 36.4 Å². The fraction of sp³-hybridized carbons (Fsp3) is 0.600. The molecular weight excluding hydrogens is 227 g/mol. The Bertz CT molecular complexity index is 425. The van der Waals surface area contributed by atoms with Crippen molar-refractivity contribution in [3.05, 3.63) is 35.1 Å². The summed E-state index contributed by atoms with van der Waals surface area (Å²) in [5.41, 5.74) is 7.90. The van der Waals surface area contributed by atoms with Gasteiger partial charge in [0, 0.05) is 6.04 Å². The third-order valence-electron chi connectivity index (χ3n) is 4.61. The van der Waals surface area contributed by atoms with Crippen molar-refractivity contribution < 1.29 is 4.39 Å². The highest BCUT2D eigenvalue weighted by molar-refractivity contribution is 5.35. The standard InChI is InChI=1S/C15H21FN2/c16-14-3-1-2-13-12(14)4-5-15(13)18-8-6-11(10-17)7-9-18/h1-3,11,15H,4-10,17H2. The molecule has 0 amide bonds. The average Bonchev–Trinajstić information content (AvgIpc) is 2.84. The molecule has 0 spiro atoms. The number of hydrogen-bond acceptors (Lipinski definition) is 2. The van der Waals surface area contributed by atoms with Crippen LogP contribution in [-0.4, -0.2) is 24.5 Å². The van der Waals surface area contributed by atoms with Gasteiger partial charge in [0.2, 0.25) is 0 Å². The van der Waals surface area contributed by atoms with Gasteiger partial charge in [-0.2, -0.15) is 0 Å². The molecule has 0 saturated carbocycles. The van der Waals surface area contributed by atoms with Crippen LogP contribution in [-0.2, 0) is 6.42 Å². The molecule has 0 aromatic heterocycles. The van der Waals surface area contributed by atoms with E-state index >= 15 is 0 Å². The maximum atomic E-state index is 13.7. The second-order valence-electron chi connectivity index (χ2n) is 5.58. The van der Waals surface area contributed by atoms with Gasteiger partial charge in [-0.15, -0.1) is 0 Å². The maximum absolute atomic E-state index is 13.7. The molecule has 1 saturated heterocycles. The van der Waals surface area contributed by atoms with Gasteiger partial charge in [-0.3, -0.25) is 4.90 Å². The minimum absolute atomic E-state index is 0.0214. The van der Waals surface area contributed by atoms with Crippen LogP contribution in [0.25, 0.3) is 0 Å². The summed E-state index contributed by atoms with van der Waals surface area (Å²) in [6.45, 7) is 3.04. The number of halogens is 1. The molecule has 1 fully saturated rings. The monoisotopic (exact) mass is 248 g/mol. The first kappa shape index (κ1) is 12.1. The molecule has 1 aromatic rings. The molecule has 1 aliphatic carbocycles. The van der Waals surface area contributed by atoms with Crippen LogP contribution in [0.15, 0.2) is 18.2 Å². The topological polar surface area (TPSA) is 29.3 Å². The van der Waals surface area contributed by atoms with Crippen molar-refractivity contribution in [3.8, 4) is 0 Å². The summed E-state index contributed by atoms with van der Waals surface area (Å²) in [5.74, 6) is 0.668. The lowest BCUT2D eigenvalue weighted by molar-refractivity contribution is 0.134. The molecule has 0 bridgehead atoms. The zero-order chi connectivity index (χ0) is 12.5. The lowest BCUT2D eigenvalue weighted by Crippen LogP contribution is -2.37. The van der Waals surface area contributed by atoms with Crippen molar-refractivity contribution in [2.45, 2.75) is 31.7 Å². The lowest BCUT2D eigenvalue weighted by atomic mass is 9.95. The largest absolute Gasteiger partial charge is 0.330 e. The van der Waals surface area contributed by atoms with E-state index < -0.39 is 0 Å². The van der Waals surface area contributed by atoms with E-state index in [0.29, 0.717) is 12.0 Å². The Morgan fingerprint density at radius 2 is 2.00 bits per heavy atom. The fourth-order valence-corrected chi connectivity index (χ4v) is 3.47. The minimum atomic E-state index is -0.0214. The number of benzene rings is 1. The van der Waals surface area contributed by atoms with Gasteiger partial charge < -0.3 is 5.73 Å². The lowest BCUT2D eigenvalue weighted by Gasteiger charge is -2.36. The number of rotatable bonds is 2. The second-order valence-corrected chi connectivity index (χ2v) is 5.58. The SMILES string of the molecule is NCC1CCN(C2CCc3c(F)cccc32)CC1. The molecule has 2 nitrogen and oxygen atoms in total. The van der Waals surface area contributed by atoms with Crippen molar-refractivity contribution in [2.75, 3.05) is 19.6 Å². The summed E-state index contributed by atoms with van der Waals surface area (Å²) >= 11 is 0. The average molecular weight is 248 g/mol. The Hall–Kier alpha value is -0.930. The molecule has 2 N–H and O–H groups in total. The molecule has 3 rings (SSSR count). The minimum Gasteiger partial charge on any atom is -0.330 e. The first-order valence-electron chi connectivity index (χ1n) is 7.01. The Morgan fingerprint density at radius 3 is 2.72 bits per heavy atom. The third kappa shape index (κ3) is 2.06. The molecule has 3 heteroatoms. The van der Waals surface area contributed by atoms with Crippen molar-refractivity contribution in [2.24, 2.45) is 11.7 Å². The molecule has 1 atom stereocenters. The summed E-state index contributed by atoms with van der Waals surface area (Å²) in [6, 6.07) is 5.97. The van der Waals surface area contributed by atoms with E-state index in [0.717, 1.165) is 38.0 Å². The van der Waals surface area contributed by atoms with E-state index in [1.807, 2.05) is 6.07 Å². The highest BCUT2D eigenvalue weighted by Gasteiger charge is 2.31. The van der Waals surface area contributed by atoms with Crippen LogP contribution >= 0.6 is 0 Å². The molecule has 1 aliphatic heterocycles. The maximum Gasteiger partial charge on any atom is 0.126 e. The molecular formula is C15H21FN2. The number of hydrogen-bond donors (Lipinski definition) is 1. The van der Waals surface area contributed by atoms with Crippen LogP contribution < -0.4 is 5.73 Å². The van der Waals surface area contributed by atoms with E-state index in [1.54, 1.807) is 6.07 Å². The van der Waals surface area contributed by atoms with Crippen LogP contribution in [0.2, 0.25) is 0 Å². The van der Waals surface area contributed by atoms with Crippen LogP contribution in [0.5, 0.6) is 0 Å². The van der Waals surface area contributed by atoms with Gasteiger partial charge in [0.15, 0.2) is 0 Å². The van der Waals surface area contributed by atoms with Crippen LogP contribution in [0, 0.1) is 11.7 Å². The molecule has 1 unspecified atom stereocenters. The fourth-order valence-electron chi connectivity index (χ4n) is 3.47. The zero-order valence-electron chi connectivity index (χ0n) is 10.7. The highest BCUT2D eigenvalue weighted by Crippen LogP contribution is 2.38. The summed E-state index contributed by atoms with van der Waals surface area (Å²) in [5, 5.41) is 0.